The van der Waals surface area contributed by atoms with Crippen molar-refractivity contribution in [2.75, 3.05) is 12.4 Å². The largest absolute Gasteiger partial charge is 0.466 e. The summed E-state index contributed by atoms with van der Waals surface area (Å²) >= 11 is 1.43. The number of nitrogens with one attached hydrogen (secondary N) is 1. The zero-order chi connectivity index (χ0) is 29.7. The van der Waals surface area contributed by atoms with E-state index in [9.17, 15) is 24.0 Å². The summed E-state index contributed by atoms with van der Waals surface area (Å²) in [6, 6.07) is 8.57. The van der Waals surface area contributed by atoms with Crippen LogP contribution in [0.4, 0.5) is 0 Å². The summed E-state index contributed by atoms with van der Waals surface area (Å²) in [6.45, 7) is 7.54. The second-order valence-electron chi connectivity index (χ2n) is 9.34. The third-order valence-corrected chi connectivity index (χ3v) is 7.00. The highest BCUT2D eigenvalue weighted by Crippen LogP contribution is 2.33. The van der Waals surface area contributed by atoms with Crippen molar-refractivity contribution in [3.63, 3.8) is 0 Å². The molecule has 1 aromatic carbocycles. The van der Waals surface area contributed by atoms with Crippen molar-refractivity contribution in [3.8, 4) is 0 Å². The van der Waals surface area contributed by atoms with Crippen LogP contribution in [0.2, 0.25) is 0 Å². The molecule has 1 aliphatic heterocycles. The normalized spacial score (nSPS) is 23.0. The lowest BCUT2D eigenvalue weighted by Crippen LogP contribution is -2.64. The molecule has 12 heteroatoms. The zero-order valence-corrected chi connectivity index (χ0v) is 24.4. The van der Waals surface area contributed by atoms with Gasteiger partial charge in [0.05, 0.1) is 31.8 Å². The average Bonchev–Trinajstić information content (AvgIpc) is 2.89. The summed E-state index contributed by atoms with van der Waals surface area (Å²) in [7, 11) is 0. The predicted molar refractivity (Wildman–Crippen MR) is 146 cm³/mol. The summed E-state index contributed by atoms with van der Waals surface area (Å²) in [5, 5.41) is 2.85. The minimum Gasteiger partial charge on any atom is -0.466 e. The molecule has 0 aliphatic carbocycles. The summed E-state index contributed by atoms with van der Waals surface area (Å²) in [5.74, 6) is -1.91. The van der Waals surface area contributed by atoms with E-state index in [0.717, 1.165) is 5.56 Å². The Morgan fingerprint density at radius 1 is 1.00 bits per heavy atom. The monoisotopic (exact) mass is 581 g/mol. The van der Waals surface area contributed by atoms with Gasteiger partial charge in [-0.2, -0.15) is 0 Å². The molecule has 1 heterocycles. The van der Waals surface area contributed by atoms with Gasteiger partial charge in [0.25, 0.3) is 5.91 Å². The van der Waals surface area contributed by atoms with Gasteiger partial charge >= 0.3 is 17.9 Å². The summed E-state index contributed by atoms with van der Waals surface area (Å²) in [4.78, 5) is 60.3. The number of hydrogen-bond acceptors (Lipinski definition) is 11. The van der Waals surface area contributed by atoms with Crippen molar-refractivity contribution in [1.29, 1.82) is 0 Å². The molecule has 0 bridgehead atoms. The molecule has 0 radical (unpaired) electrons. The van der Waals surface area contributed by atoms with Gasteiger partial charge < -0.3 is 33.8 Å². The third-order valence-electron chi connectivity index (χ3n) is 5.96. The van der Waals surface area contributed by atoms with Crippen molar-refractivity contribution >= 4 is 41.4 Å². The van der Waals surface area contributed by atoms with Gasteiger partial charge in [-0.25, -0.2) is 0 Å². The molecular weight excluding hydrogens is 542 g/mol. The Labute approximate surface area is 239 Å². The third kappa shape index (κ3) is 11.3. The van der Waals surface area contributed by atoms with Crippen LogP contribution in [-0.2, 0) is 54.3 Å². The minimum atomic E-state index is -1.24. The molecule has 1 N–H and O–H groups in total. The first-order valence-corrected chi connectivity index (χ1v) is 14.3. The molecule has 2 rings (SSSR count). The zero-order valence-electron chi connectivity index (χ0n) is 23.6. The molecule has 0 aromatic heterocycles. The van der Waals surface area contributed by atoms with Gasteiger partial charge in [0.1, 0.15) is 17.3 Å². The highest BCUT2D eigenvalue weighted by molar-refractivity contribution is 7.99. The lowest BCUT2D eigenvalue weighted by atomic mass is 9.96. The van der Waals surface area contributed by atoms with Crippen LogP contribution in [-0.4, -0.2) is 77.9 Å². The van der Waals surface area contributed by atoms with Crippen LogP contribution < -0.4 is 5.32 Å². The van der Waals surface area contributed by atoms with Gasteiger partial charge in [-0.1, -0.05) is 37.3 Å². The standard InChI is InChI=1S/C28H39NO10S/c1-6-40-28-26(39-23(33)13-12-17(2)30)25(36-16-21-10-8-7-9-11-21)24(18(3)37-28)29-27(34)22(38-20(5)32)14-15-35-19(4)31/h7-11,18,22,24-26,28H,6,12-16H2,1-5H3,(H,29,34)/t18-,22-,24-,25+,26+,28-/m1/s1. The first-order valence-electron chi connectivity index (χ1n) is 13.2. The number of amides is 1. The van der Waals surface area contributed by atoms with Crippen LogP contribution in [0, 0.1) is 0 Å². The van der Waals surface area contributed by atoms with Crippen molar-refractivity contribution in [2.24, 2.45) is 0 Å². The maximum Gasteiger partial charge on any atom is 0.306 e. The van der Waals surface area contributed by atoms with Gasteiger partial charge in [-0.3, -0.25) is 19.2 Å². The number of ether oxygens (including phenoxy) is 5. The predicted octanol–water partition coefficient (Wildman–Crippen LogP) is 2.72. The number of Topliss-reactive ketones (excluding diaryl/α,β-unsaturated/α-hetero) is 1. The molecule has 222 valence electrons. The lowest BCUT2D eigenvalue weighted by molar-refractivity contribution is -0.199. The molecule has 1 amide bonds. The van der Waals surface area contributed by atoms with E-state index in [-0.39, 0.29) is 38.3 Å². The molecule has 1 fully saturated rings. The van der Waals surface area contributed by atoms with Gasteiger partial charge in [0.15, 0.2) is 12.2 Å². The van der Waals surface area contributed by atoms with Gasteiger partial charge in [0.2, 0.25) is 0 Å². The smallest absolute Gasteiger partial charge is 0.306 e. The number of carbonyl (C=O) groups is 5. The number of benzene rings is 1. The molecule has 11 nitrogen and oxygen atoms in total. The Balaban J connectivity index is 2.34. The Kier molecular flexibility index (Phi) is 14.1. The maximum atomic E-state index is 13.3. The van der Waals surface area contributed by atoms with Crippen LogP contribution in [0.3, 0.4) is 0 Å². The molecule has 0 saturated carbocycles. The van der Waals surface area contributed by atoms with Crippen LogP contribution in [0.1, 0.15) is 59.4 Å². The van der Waals surface area contributed by atoms with Gasteiger partial charge in [0, 0.05) is 26.7 Å². The van der Waals surface area contributed by atoms with Gasteiger partial charge in [-0.15, -0.1) is 11.8 Å². The second-order valence-corrected chi connectivity index (χ2v) is 10.7. The Bertz CT molecular complexity index is 1000. The summed E-state index contributed by atoms with van der Waals surface area (Å²) in [5.41, 5.74) is 0.274. The molecule has 40 heavy (non-hydrogen) atoms. The van der Waals surface area contributed by atoms with E-state index in [2.05, 4.69) is 5.32 Å². The number of carbonyl (C=O) groups excluding carboxylic acids is 5. The molecular formula is C28H39NO10S. The first kappa shape index (κ1) is 33.2. The number of ketones is 1. The van der Waals surface area contributed by atoms with Crippen molar-refractivity contribution in [3.05, 3.63) is 35.9 Å². The summed E-state index contributed by atoms with van der Waals surface area (Å²) < 4.78 is 28.4. The molecule has 1 aromatic rings. The molecule has 1 aliphatic rings. The SMILES string of the molecule is CCS[C@H]1O[C@H](C)[C@@H](NC(=O)[C@@H](CCOC(C)=O)OC(C)=O)[C@H](OCc2ccccc2)[C@@H]1OC(=O)CCC(C)=O. The lowest BCUT2D eigenvalue weighted by Gasteiger charge is -2.45. The van der Waals surface area contributed by atoms with Crippen molar-refractivity contribution < 1.29 is 47.7 Å². The quantitative estimate of drug-likeness (QED) is 0.241. The van der Waals surface area contributed by atoms with Crippen LogP contribution in [0.15, 0.2) is 30.3 Å². The second kappa shape index (κ2) is 17.0. The summed E-state index contributed by atoms with van der Waals surface area (Å²) in [6.07, 6.45) is -3.69. The fourth-order valence-corrected chi connectivity index (χ4v) is 5.07. The topological polar surface area (TPSA) is 144 Å². The maximum absolute atomic E-state index is 13.3. The Hall–Kier alpha value is -2.96. The van der Waals surface area contributed by atoms with Crippen LogP contribution in [0.5, 0.6) is 0 Å². The number of thioether (sulfide) groups is 1. The highest BCUT2D eigenvalue weighted by atomic mass is 32.2. The fourth-order valence-electron chi connectivity index (χ4n) is 4.09. The molecule has 1 saturated heterocycles. The van der Waals surface area contributed by atoms with E-state index < -0.39 is 59.7 Å². The fraction of sp³-hybridized carbons (Fsp3) is 0.607. The first-order chi connectivity index (χ1) is 19.0. The molecule has 0 spiro atoms. The van der Waals surface area contributed by atoms with Crippen molar-refractivity contribution in [2.45, 2.75) is 96.4 Å². The number of esters is 3. The van der Waals surface area contributed by atoms with E-state index in [0.29, 0.717) is 5.75 Å². The Morgan fingerprint density at radius 3 is 2.30 bits per heavy atom. The highest BCUT2D eigenvalue weighted by Gasteiger charge is 2.48. The van der Waals surface area contributed by atoms with Gasteiger partial charge in [-0.05, 0) is 25.2 Å². The molecule has 0 unspecified atom stereocenters. The van der Waals surface area contributed by atoms with E-state index in [1.807, 2.05) is 37.3 Å². The van der Waals surface area contributed by atoms with E-state index in [1.54, 1.807) is 6.92 Å². The van der Waals surface area contributed by atoms with E-state index in [4.69, 9.17) is 23.7 Å². The minimum absolute atomic E-state index is 0.0382. The average molecular weight is 582 g/mol. The Morgan fingerprint density at radius 2 is 1.70 bits per heavy atom. The van der Waals surface area contributed by atoms with Crippen molar-refractivity contribution in [1.82, 2.24) is 5.32 Å². The van der Waals surface area contributed by atoms with E-state index in [1.165, 1.54) is 32.5 Å². The molecule has 6 atom stereocenters. The van der Waals surface area contributed by atoms with Crippen LogP contribution >= 0.6 is 11.8 Å². The van der Waals surface area contributed by atoms with E-state index >= 15 is 0 Å². The number of rotatable bonds is 15. The van der Waals surface area contributed by atoms with Crippen LogP contribution in [0.25, 0.3) is 0 Å². The number of hydrogen-bond donors (Lipinski definition) is 1.